The molecule has 0 amide bonds. The topological polar surface area (TPSA) is 40.7 Å². The Hall–Kier alpha value is -0.830. The first-order valence-electron chi connectivity index (χ1n) is 4.94. The molecule has 2 N–H and O–H groups in total. The first-order valence-corrected chi connectivity index (χ1v) is 4.94. The highest BCUT2D eigenvalue weighted by Gasteiger charge is 2.29. The number of hydrogen-bond donors (Lipinski definition) is 2. The van der Waals surface area contributed by atoms with Gasteiger partial charge >= 0.3 is 0 Å². The summed E-state index contributed by atoms with van der Waals surface area (Å²) in [5.41, 5.74) is 1.14. The maximum absolute atomic E-state index is 4.35. The Morgan fingerprint density at radius 3 is 2.69 bits per heavy atom. The van der Waals surface area contributed by atoms with Crippen LogP contribution < -0.4 is 5.32 Å². The SMILES string of the molecule is Cc1cnc(C2CC(C)C(C)N2)[nH]1. The summed E-state index contributed by atoms with van der Waals surface area (Å²) in [7, 11) is 0. The Morgan fingerprint density at radius 1 is 1.46 bits per heavy atom. The third-order valence-electron chi connectivity index (χ3n) is 2.98. The summed E-state index contributed by atoms with van der Waals surface area (Å²) in [6.07, 6.45) is 3.08. The number of H-pyrrole nitrogens is 1. The number of nitrogens with zero attached hydrogens (tertiary/aromatic N) is 1. The van der Waals surface area contributed by atoms with Crippen molar-refractivity contribution in [2.75, 3.05) is 0 Å². The molecule has 0 bridgehead atoms. The van der Waals surface area contributed by atoms with Gasteiger partial charge in [-0.05, 0) is 26.2 Å². The van der Waals surface area contributed by atoms with E-state index in [1.54, 1.807) is 0 Å². The number of aromatic nitrogens is 2. The molecule has 1 aliphatic rings. The normalized spacial score (nSPS) is 33.9. The van der Waals surface area contributed by atoms with Crippen molar-refractivity contribution in [3.05, 3.63) is 17.7 Å². The summed E-state index contributed by atoms with van der Waals surface area (Å²) in [5.74, 6) is 1.84. The van der Waals surface area contributed by atoms with Gasteiger partial charge in [-0.15, -0.1) is 0 Å². The lowest BCUT2D eigenvalue weighted by Crippen LogP contribution is -2.24. The molecule has 1 aliphatic heterocycles. The smallest absolute Gasteiger partial charge is 0.123 e. The van der Waals surface area contributed by atoms with Crippen LogP contribution in [0.2, 0.25) is 0 Å². The zero-order valence-electron chi connectivity index (χ0n) is 8.46. The molecular weight excluding hydrogens is 162 g/mol. The molecule has 0 aromatic carbocycles. The fraction of sp³-hybridized carbons (Fsp3) is 0.700. The fourth-order valence-corrected chi connectivity index (χ4v) is 1.93. The largest absolute Gasteiger partial charge is 0.345 e. The summed E-state index contributed by atoms with van der Waals surface area (Å²) >= 11 is 0. The standard InChI is InChI=1S/C10H17N3/c1-6-4-9(13-8(6)3)10-11-5-7(2)12-10/h5-6,8-9,13H,4H2,1-3H3,(H,11,12). The molecule has 2 rings (SSSR count). The van der Waals surface area contributed by atoms with E-state index in [1.165, 1.54) is 6.42 Å². The minimum absolute atomic E-state index is 0.429. The molecule has 1 aromatic heterocycles. The van der Waals surface area contributed by atoms with Crippen molar-refractivity contribution in [3.8, 4) is 0 Å². The van der Waals surface area contributed by atoms with E-state index in [0.717, 1.165) is 17.4 Å². The molecule has 1 saturated heterocycles. The van der Waals surface area contributed by atoms with E-state index in [1.807, 2.05) is 13.1 Å². The van der Waals surface area contributed by atoms with E-state index >= 15 is 0 Å². The molecule has 3 unspecified atom stereocenters. The van der Waals surface area contributed by atoms with Crippen molar-refractivity contribution in [2.45, 2.75) is 39.3 Å². The fourth-order valence-electron chi connectivity index (χ4n) is 1.93. The van der Waals surface area contributed by atoms with Gasteiger partial charge in [-0.25, -0.2) is 4.98 Å². The highest BCUT2D eigenvalue weighted by Crippen LogP contribution is 2.28. The van der Waals surface area contributed by atoms with Crippen molar-refractivity contribution in [1.82, 2.24) is 15.3 Å². The predicted octanol–water partition coefficient (Wildman–Crippen LogP) is 1.78. The molecule has 1 fully saturated rings. The molecule has 3 atom stereocenters. The third kappa shape index (κ3) is 1.61. The van der Waals surface area contributed by atoms with Gasteiger partial charge < -0.3 is 10.3 Å². The van der Waals surface area contributed by atoms with Crippen LogP contribution in [0.15, 0.2) is 6.20 Å². The van der Waals surface area contributed by atoms with Crippen LogP contribution in [0.4, 0.5) is 0 Å². The van der Waals surface area contributed by atoms with Gasteiger partial charge in [0.25, 0.3) is 0 Å². The van der Waals surface area contributed by atoms with Gasteiger partial charge in [0.2, 0.25) is 0 Å². The monoisotopic (exact) mass is 179 g/mol. The molecule has 3 heteroatoms. The van der Waals surface area contributed by atoms with E-state index in [2.05, 4.69) is 29.1 Å². The molecular formula is C10H17N3. The summed E-state index contributed by atoms with van der Waals surface area (Å²) in [5, 5.41) is 3.54. The van der Waals surface area contributed by atoms with Gasteiger partial charge in [0.1, 0.15) is 5.82 Å². The first-order chi connectivity index (χ1) is 6.16. The van der Waals surface area contributed by atoms with Crippen molar-refractivity contribution < 1.29 is 0 Å². The Labute approximate surface area is 79.0 Å². The Kier molecular flexibility index (Phi) is 2.12. The second-order valence-corrected chi connectivity index (χ2v) is 4.17. The molecule has 13 heavy (non-hydrogen) atoms. The number of imidazole rings is 1. The lowest BCUT2D eigenvalue weighted by Gasteiger charge is -2.08. The summed E-state index contributed by atoms with van der Waals surface area (Å²) in [4.78, 5) is 7.63. The van der Waals surface area contributed by atoms with Gasteiger partial charge in [0.15, 0.2) is 0 Å². The van der Waals surface area contributed by atoms with Crippen LogP contribution in [0, 0.1) is 12.8 Å². The molecule has 0 saturated carbocycles. The minimum Gasteiger partial charge on any atom is -0.345 e. The Morgan fingerprint density at radius 2 is 2.23 bits per heavy atom. The molecule has 72 valence electrons. The van der Waals surface area contributed by atoms with Crippen molar-refractivity contribution >= 4 is 0 Å². The quantitative estimate of drug-likeness (QED) is 0.690. The van der Waals surface area contributed by atoms with Crippen molar-refractivity contribution in [1.29, 1.82) is 0 Å². The van der Waals surface area contributed by atoms with E-state index in [4.69, 9.17) is 0 Å². The lowest BCUT2D eigenvalue weighted by atomic mass is 10.0. The van der Waals surface area contributed by atoms with Crippen molar-refractivity contribution in [3.63, 3.8) is 0 Å². The van der Waals surface area contributed by atoms with Gasteiger partial charge in [-0.2, -0.15) is 0 Å². The van der Waals surface area contributed by atoms with Crippen LogP contribution in [-0.4, -0.2) is 16.0 Å². The minimum atomic E-state index is 0.429. The van der Waals surface area contributed by atoms with Crippen LogP contribution in [0.1, 0.15) is 37.8 Å². The highest BCUT2D eigenvalue weighted by molar-refractivity contribution is 5.06. The van der Waals surface area contributed by atoms with Gasteiger partial charge in [-0.3, -0.25) is 0 Å². The highest BCUT2D eigenvalue weighted by atomic mass is 15.1. The van der Waals surface area contributed by atoms with Crippen LogP contribution in [-0.2, 0) is 0 Å². The number of hydrogen-bond acceptors (Lipinski definition) is 2. The zero-order valence-corrected chi connectivity index (χ0v) is 8.46. The number of aromatic amines is 1. The van der Waals surface area contributed by atoms with E-state index in [0.29, 0.717) is 12.1 Å². The zero-order chi connectivity index (χ0) is 9.42. The second kappa shape index (κ2) is 3.14. The molecule has 0 spiro atoms. The van der Waals surface area contributed by atoms with E-state index in [9.17, 15) is 0 Å². The molecule has 1 aromatic rings. The predicted molar refractivity (Wildman–Crippen MR) is 52.4 cm³/mol. The maximum Gasteiger partial charge on any atom is 0.123 e. The van der Waals surface area contributed by atoms with Gasteiger partial charge in [0, 0.05) is 17.9 Å². The molecule has 3 nitrogen and oxygen atoms in total. The summed E-state index contributed by atoms with van der Waals surface area (Å²) in [6, 6.07) is 1.04. The lowest BCUT2D eigenvalue weighted by molar-refractivity contribution is 0.516. The summed E-state index contributed by atoms with van der Waals surface area (Å²) < 4.78 is 0. The molecule has 2 heterocycles. The van der Waals surface area contributed by atoms with E-state index < -0.39 is 0 Å². The number of rotatable bonds is 1. The van der Waals surface area contributed by atoms with Crippen LogP contribution in [0.3, 0.4) is 0 Å². The van der Waals surface area contributed by atoms with Crippen LogP contribution in [0.5, 0.6) is 0 Å². The summed E-state index contributed by atoms with van der Waals surface area (Å²) in [6.45, 7) is 6.56. The van der Waals surface area contributed by atoms with Crippen LogP contribution >= 0.6 is 0 Å². The number of nitrogens with one attached hydrogen (secondary N) is 2. The Bertz CT molecular complexity index is 282. The average Bonchev–Trinajstić information content (AvgIpc) is 2.61. The third-order valence-corrected chi connectivity index (χ3v) is 2.98. The average molecular weight is 179 g/mol. The van der Waals surface area contributed by atoms with E-state index in [-0.39, 0.29) is 0 Å². The number of aryl methyl sites for hydroxylation is 1. The Balaban J connectivity index is 2.11. The van der Waals surface area contributed by atoms with Crippen LogP contribution in [0.25, 0.3) is 0 Å². The van der Waals surface area contributed by atoms with Gasteiger partial charge in [0.05, 0.1) is 6.04 Å². The maximum atomic E-state index is 4.35. The second-order valence-electron chi connectivity index (χ2n) is 4.17. The van der Waals surface area contributed by atoms with Gasteiger partial charge in [-0.1, -0.05) is 6.92 Å². The first kappa shape index (κ1) is 8.75. The van der Waals surface area contributed by atoms with Crippen molar-refractivity contribution in [2.24, 2.45) is 5.92 Å². The molecule has 0 radical (unpaired) electrons. The molecule has 0 aliphatic carbocycles.